The lowest BCUT2D eigenvalue weighted by atomic mass is 10.1. The number of anilines is 1. The molecular weight excluding hydrogens is 431 g/mol. The molecule has 1 N–H and O–H groups in total. The van der Waals surface area contributed by atoms with E-state index in [1.165, 1.54) is 0 Å². The first-order chi connectivity index (χ1) is 10.4. The SMILES string of the molecule is Cc1cc(Br)ccc1N=C1C(=O)Nc2c1cc(Br)c(Cl)c2C. The zero-order chi connectivity index (χ0) is 16.0. The third-order valence-corrected chi connectivity index (χ3v) is 5.39. The maximum absolute atomic E-state index is 12.3. The number of carbonyl (C=O) groups excluding carboxylic acids is 1. The fraction of sp³-hybridized carbons (Fsp3) is 0.125. The van der Waals surface area contributed by atoms with Crippen LogP contribution < -0.4 is 5.32 Å². The summed E-state index contributed by atoms with van der Waals surface area (Å²) >= 11 is 13.1. The average Bonchev–Trinajstić information content (AvgIpc) is 2.76. The zero-order valence-electron chi connectivity index (χ0n) is 11.8. The summed E-state index contributed by atoms with van der Waals surface area (Å²) in [4.78, 5) is 16.8. The van der Waals surface area contributed by atoms with E-state index in [2.05, 4.69) is 42.2 Å². The lowest BCUT2D eigenvalue weighted by Gasteiger charge is -2.07. The minimum atomic E-state index is -0.213. The van der Waals surface area contributed by atoms with Crippen LogP contribution in [0.3, 0.4) is 0 Å². The third kappa shape index (κ3) is 2.62. The summed E-state index contributed by atoms with van der Waals surface area (Å²) < 4.78 is 1.73. The van der Waals surface area contributed by atoms with Crippen LogP contribution >= 0.6 is 43.5 Å². The van der Waals surface area contributed by atoms with Gasteiger partial charge in [-0.3, -0.25) is 4.79 Å². The van der Waals surface area contributed by atoms with Crippen LogP contribution in [0.4, 0.5) is 11.4 Å². The van der Waals surface area contributed by atoms with Gasteiger partial charge in [-0.05, 0) is 65.2 Å². The van der Waals surface area contributed by atoms with Crippen LogP contribution in [0.1, 0.15) is 16.7 Å². The highest BCUT2D eigenvalue weighted by Gasteiger charge is 2.29. The molecule has 1 heterocycles. The van der Waals surface area contributed by atoms with E-state index in [0.29, 0.717) is 10.7 Å². The molecule has 0 fully saturated rings. The number of hydrogen-bond acceptors (Lipinski definition) is 2. The molecule has 0 bridgehead atoms. The number of fused-ring (bicyclic) bond motifs is 1. The Morgan fingerprint density at radius 3 is 2.59 bits per heavy atom. The zero-order valence-corrected chi connectivity index (χ0v) is 15.7. The van der Waals surface area contributed by atoms with E-state index in [1.54, 1.807) is 0 Å². The predicted molar refractivity (Wildman–Crippen MR) is 97.6 cm³/mol. The van der Waals surface area contributed by atoms with Crippen LogP contribution in [-0.2, 0) is 4.79 Å². The summed E-state index contributed by atoms with van der Waals surface area (Å²) in [6, 6.07) is 7.59. The molecule has 1 aliphatic heterocycles. The molecule has 2 aromatic carbocycles. The van der Waals surface area contributed by atoms with Gasteiger partial charge in [-0.2, -0.15) is 0 Å². The Bertz CT molecular complexity index is 847. The van der Waals surface area contributed by atoms with Crippen molar-refractivity contribution < 1.29 is 4.79 Å². The molecule has 1 amide bonds. The molecule has 22 heavy (non-hydrogen) atoms. The van der Waals surface area contributed by atoms with E-state index in [9.17, 15) is 4.79 Å². The second kappa shape index (κ2) is 5.80. The third-order valence-electron chi connectivity index (χ3n) is 3.55. The van der Waals surface area contributed by atoms with Gasteiger partial charge >= 0.3 is 0 Å². The Balaban J connectivity index is 2.18. The number of aliphatic imine (C=N–C) groups is 1. The van der Waals surface area contributed by atoms with Gasteiger partial charge < -0.3 is 5.32 Å². The highest BCUT2D eigenvalue weighted by molar-refractivity contribution is 9.10. The van der Waals surface area contributed by atoms with Gasteiger partial charge in [0.25, 0.3) is 5.91 Å². The monoisotopic (exact) mass is 440 g/mol. The first-order valence-electron chi connectivity index (χ1n) is 6.53. The van der Waals surface area contributed by atoms with Crippen molar-refractivity contribution in [1.82, 2.24) is 0 Å². The molecule has 0 unspecified atom stereocenters. The molecule has 1 aliphatic rings. The van der Waals surface area contributed by atoms with E-state index >= 15 is 0 Å². The van der Waals surface area contributed by atoms with E-state index in [0.717, 1.165) is 37.0 Å². The quantitative estimate of drug-likeness (QED) is 0.618. The predicted octanol–water partition coefficient (Wildman–Crippen LogP) is 5.55. The van der Waals surface area contributed by atoms with E-state index in [1.807, 2.05) is 38.1 Å². The van der Waals surface area contributed by atoms with Gasteiger partial charge in [-0.25, -0.2) is 4.99 Å². The smallest absolute Gasteiger partial charge is 0.275 e. The fourth-order valence-electron chi connectivity index (χ4n) is 2.37. The number of amides is 1. The van der Waals surface area contributed by atoms with E-state index < -0.39 is 0 Å². The van der Waals surface area contributed by atoms with Crippen LogP contribution in [0.25, 0.3) is 0 Å². The highest BCUT2D eigenvalue weighted by Crippen LogP contribution is 2.38. The van der Waals surface area contributed by atoms with Gasteiger partial charge in [0.1, 0.15) is 5.71 Å². The van der Waals surface area contributed by atoms with Crippen LogP contribution in [0.15, 0.2) is 38.2 Å². The van der Waals surface area contributed by atoms with Crippen LogP contribution in [0.2, 0.25) is 5.02 Å². The standard InChI is InChI=1S/C16H11Br2ClN2O/c1-7-5-9(17)3-4-12(7)20-15-10-6-11(18)13(19)8(2)14(10)21-16(15)22/h3-6H,1-2H3,(H,20,21,22). The molecule has 0 aromatic heterocycles. The minimum Gasteiger partial charge on any atom is -0.320 e. The lowest BCUT2D eigenvalue weighted by Crippen LogP contribution is -2.14. The molecular formula is C16H11Br2ClN2O. The first-order valence-corrected chi connectivity index (χ1v) is 8.50. The average molecular weight is 443 g/mol. The maximum atomic E-state index is 12.3. The van der Waals surface area contributed by atoms with Crippen molar-refractivity contribution in [2.45, 2.75) is 13.8 Å². The van der Waals surface area contributed by atoms with Gasteiger partial charge in [0, 0.05) is 14.5 Å². The van der Waals surface area contributed by atoms with Gasteiger partial charge in [0.05, 0.1) is 16.4 Å². The molecule has 0 aliphatic carbocycles. The van der Waals surface area contributed by atoms with Crippen molar-refractivity contribution >= 4 is 66.5 Å². The van der Waals surface area contributed by atoms with Crippen molar-refractivity contribution in [1.29, 1.82) is 0 Å². The fourth-order valence-corrected chi connectivity index (χ4v) is 3.52. The highest BCUT2D eigenvalue weighted by atomic mass is 79.9. The second-order valence-electron chi connectivity index (χ2n) is 5.07. The molecule has 0 saturated carbocycles. The number of hydrogen-bond donors (Lipinski definition) is 1. The Kier molecular flexibility index (Phi) is 4.14. The number of halogens is 3. The Hall–Kier alpha value is -1.17. The van der Waals surface area contributed by atoms with Gasteiger partial charge in [0.15, 0.2) is 0 Å². The van der Waals surface area contributed by atoms with E-state index in [4.69, 9.17) is 11.6 Å². The van der Waals surface area contributed by atoms with Gasteiger partial charge in [-0.1, -0.05) is 27.5 Å². The van der Waals surface area contributed by atoms with Crippen molar-refractivity contribution in [3.63, 3.8) is 0 Å². The molecule has 3 nitrogen and oxygen atoms in total. The molecule has 0 saturated heterocycles. The molecule has 0 radical (unpaired) electrons. The number of carbonyl (C=O) groups is 1. The molecule has 112 valence electrons. The van der Waals surface area contributed by atoms with Crippen LogP contribution in [0, 0.1) is 13.8 Å². The Morgan fingerprint density at radius 2 is 1.91 bits per heavy atom. The van der Waals surface area contributed by atoms with Gasteiger partial charge in [0.2, 0.25) is 0 Å². The van der Waals surface area contributed by atoms with Crippen molar-refractivity contribution in [3.8, 4) is 0 Å². The number of aryl methyl sites for hydroxylation is 1. The molecule has 0 spiro atoms. The number of nitrogens with zero attached hydrogens (tertiary/aromatic N) is 1. The summed E-state index contributed by atoms with van der Waals surface area (Å²) in [5, 5.41) is 3.45. The largest absolute Gasteiger partial charge is 0.320 e. The van der Waals surface area contributed by atoms with Crippen LogP contribution in [-0.4, -0.2) is 11.6 Å². The second-order valence-corrected chi connectivity index (χ2v) is 7.21. The molecule has 6 heteroatoms. The lowest BCUT2D eigenvalue weighted by molar-refractivity contribution is -0.110. The summed E-state index contributed by atoms with van der Waals surface area (Å²) in [5.74, 6) is -0.213. The summed E-state index contributed by atoms with van der Waals surface area (Å²) in [6.07, 6.45) is 0. The van der Waals surface area contributed by atoms with Crippen molar-refractivity contribution in [3.05, 3.63) is 54.9 Å². The normalized spacial score (nSPS) is 15.1. The summed E-state index contributed by atoms with van der Waals surface area (Å²) in [6.45, 7) is 3.83. The van der Waals surface area contributed by atoms with Crippen molar-refractivity contribution in [2.24, 2.45) is 4.99 Å². The number of nitrogens with one attached hydrogen (secondary N) is 1. The van der Waals surface area contributed by atoms with Crippen LogP contribution in [0.5, 0.6) is 0 Å². The minimum absolute atomic E-state index is 0.213. The molecule has 0 atom stereocenters. The Labute approximate surface area is 150 Å². The van der Waals surface area contributed by atoms with Crippen molar-refractivity contribution in [2.75, 3.05) is 5.32 Å². The topological polar surface area (TPSA) is 41.5 Å². The maximum Gasteiger partial charge on any atom is 0.275 e. The Morgan fingerprint density at radius 1 is 1.18 bits per heavy atom. The summed E-state index contributed by atoms with van der Waals surface area (Å²) in [5.41, 5.74) is 4.49. The number of rotatable bonds is 1. The molecule has 2 aromatic rings. The van der Waals surface area contributed by atoms with Gasteiger partial charge in [-0.15, -0.1) is 0 Å². The first kappa shape index (κ1) is 15.7. The number of benzene rings is 2. The van der Waals surface area contributed by atoms with E-state index in [-0.39, 0.29) is 5.91 Å². The molecule has 3 rings (SSSR count). The summed E-state index contributed by atoms with van der Waals surface area (Å²) in [7, 11) is 0.